The van der Waals surface area contributed by atoms with Gasteiger partial charge in [-0.1, -0.05) is 42.1 Å². The Labute approximate surface area is 205 Å². The van der Waals surface area contributed by atoms with Gasteiger partial charge in [0.25, 0.3) is 0 Å². The Kier molecular flexibility index (Phi) is 6.53. The van der Waals surface area contributed by atoms with Crippen molar-refractivity contribution in [3.63, 3.8) is 0 Å². The van der Waals surface area contributed by atoms with Gasteiger partial charge in [0.15, 0.2) is 5.82 Å². The molecule has 5 rings (SSSR count). The summed E-state index contributed by atoms with van der Waals surface area (Å²) < 4.78 is 26.4. The van der Waals surface area contributed by atoms with E-state index in [2.05, 4.69) is 20.9 Å². The number of para-hydroxylation sites is 1. The van der Waals surface area contributed by atoms with Crippen LogP contribution in [0, 0.1) is 5.82 Å². The first-order chi connectivity index (χ1) is 17.1. The lowest BCUT2D eigenvalue weighted by molar-refractivity contribution is -0.116. The van der Waals surface area contributed by atoms with Crippen LogP contribution < -0.4 is 20.2 Å². The summed E-state index contributed by atoms with van der Waals surface area (Å²) in [5.74, 6) is 1.38. The number of benzene rings is 3. The first-order valence-electron chi connectivity index (χ1n) is 10.9. The van der Waals surface area contributed by atoms with Gasteiger partial charge in [-0.25, -0.2) is 9.07 Å². The molecular formula is C25H22FN5O3S. The van der Waals surface area contributed by atoms with Gasteiger partial charge in [-0.05, 0) is 54.1 Å². The average Bonchev–Trinajstić information content (AvgIpc) is 3.30. The van der Waals surface area contributed by atoms with Crippen molar-refractivity contribution in [2.45, 2.75) is 23.1 Å². The van der Waals surface area contributed by atoms with Crippen molar-refractivity contribution in [1.82, 2.24) is 14.9 Å². The van der Waals surface area contributed by atoms with E-state index in [-0.39, 0.29) is 18.3 Å². The Bertz CT molecular complexity index is 1300. The van der Waals surface area contributed by atoms with Gasteiger partial charge in [-0.15, -0.1) is 10.2 Å². The number of nitrogens with zero attached hydrogens (tertiary/aromatic N) is 3. The van der Waals surface area contributed by atoms with Crippen LogP contribution in [-0.4, -0.2) is 33.1 Å². The summed E-state index contributed by atoms with van der Waals surface area (Å²) in [6.45, 7) is 0.184. The number of ether oxygens (including phenoxy) is 2. The Hall–Kier alpha value is -4.05. The third-order valence-corrected chi connectivity index (χ3v) is 6.68. The Balaban J connectivity index is 1.40. The van der Waals surface area contributed by atoms with Gasteiger partial charge in [0.1, 0.15) is 29.2 Å². The first-order valence-corrected chi connectivity index (χ1v) is 11.7. The minimum absolute atomic E-state index is 0.184. The molecule has 1 amide bonds. The fraction of sp³-hybridized carbons (Fsp3) is 0.160. The predicted molar refractivity (Wildman–Crippen MR) is 131 cm³/mol. The maximum Gasteiger partial charge on any atom is 0.240 e. The Morgan fingerprint density at radius 2 is 1.77 bits per heavy atom. The molecular weight excluding hydrogens is 469 g/mol. The number of thioether (sulfide) groups is 1. The Morgan fingerprint density at radius 3 is 2.49 bits per heavy atom. The molecule has 1 aliphatic rings. The lowest BCUT2D eigenvalue weighted by atomic mass is 10.0. The zero-order valence-electron chi connectivity index (χ0n) is 18.7. The van der Waals surface area contributed by atoms with Crippen molar-refractivity contribution in [2.75, 3.05) is 17.9 Å². The highest BCUT2D eigenvalue weighted by molar-refractivity contribution is 8.00. The summed E-state index contributed by atoms with van der Waals surface area (Å²) in [6.07, 6.45) is 0. The number of carbonyl (C=O) groups is 1. The fourth-order valence-corrected chi connectivity index (χ4v) is 4.76. The number of halogens is 1. The minimum Gasteiger partial charge on any atom is -0.497 e. The van der Waals surface area contributed by atoms with Crippen LogP contribution in [0.25, 0.3) is 0 Å². The Morgan fingerprint density at radius 1 is 1.03 bits per heavy atom. The van der Waals surface area contributed by atoms with E-state index >= 15 is 0 Å². The number of hydrogen-bond acceptors (Lipinski definition) is 7. The van der Waals surface area contributed by atoms with Crippen LogP contribution in [0.1, 0.15) is 17.4 Å². The highest BCUT2D eigenvalue weighted by Crippen LogP contribution is 2.37. The van der Waals surface area contributed by atoms with Crippen molar-refractivity contribution >= 4 is 23.4 Å². The number of rotatable bonds is 7. The van der Waals surface area contributed by atoms with Gasteiger partial charge in [-0.2, -0.15) is 0 Å². The van der Waals surface area contributed by atoms with Crippen molar-refractivity contribution in [3.05, 3.63) is 96.1 Å². The predicted octanol–water partition coefficient (Wildman–Crippen LogP) is 4.40. The molecule has 0 bridgehead atoms. The molecule has 0 spiro atoms. The number of carbonyl (C=O) groups excluding carboxylic acids is 1. The molecule has 3 aromatic carbocycles. The van der Waals surface area contributed by atoms with E-state index in [0.717, 1.165) is 5.56 Å². The monoisotopic (exact) mass is 491 g/mol. The van der Waals surface area contributed by atoms with E-state index in [4.69, 9.17) is 9.47 Å². The topological polar surface area (TPSA) is 90.3 Å². The molecule has 35 heavy (non-hydrogen) atoms. The molecule has 1 aliphatic heterocycles. The second kappa shape index (κ2) is 10.1. The van der Waals surface area contributed by atoms with Crippen molar-refractivity contribution in [2.24, 2.45) is 0 Å². The zero-order valence-corrected chi connectivity index (χ0v) is 19.5. The van der Waals surface area contributed by atoms with E-state index in [1.807, 2.05) is 30.3 Å². The normalized spacial score (nSPS) is 16.6. The summed E-state index contributed by atoms with van der Waals surface area (Å²) in [4.78, 5) is 13.3. The molecule has 8 nitrogen and oxygen atoms in total. The van der Waals surface area contributed by atoms with Gasteiger partial charge in [0.05, 0.1) is 13.2 Å². The average molecular weight is 492 g/mol. The third kappa shape index (κ3) is 5.07. The van der Waals surface area contributed by atoms with E-state index in [1.54, 1.807) is 48.2 Å². The maximum atomic E-state index is 13.6. The van der Waals surface area contributed by atoms with E-state index < -0.39 is 11.3 Å². The first kappa shape index (κ1) is 22.7. The van der Waals surface area contributed by atoms with Crippen LogP contribution in [0.4, 0.5) is 10.1 Å². The number of hydrogen-bond donors (Lipinski definition) is 2. The van der Waals surface area contributed by atoms with E-state index in [1.165, 1.54) is 23.9 Å². The smallest absolute Gasteiger partial charge is 0.240 e. The standard InChI is InChI=1S/C25H22FN5O3S/c1-33-19-13-11-18(12-14-19)27-24(32)23-22(16-7-9-17(26)10-8-16)30-31-21(28-29-25(31)35-23)15-34-20-5-3-2-4-6-20/h2-14,22-23,30H,15H2,1H3,(H,27,32). The van der Waals surface area contributed by atoms with Gasteiger partial charge in [0.2, 0.25) is 11.1 Å². The second-order valence-electron chi connectivity index (χ2n) is 7.75. The van der Waals surface area contributed by atoms with Crippen molar-refractivity contribution in [1.29, 1.82) is 0 Å². The summed E-state index contributed by atoms with van der Waals surface area (Å²) in [5.41, 5.74) is 4.73. The molecule has 1 aromatic heterocycles. The summed E-state index contributed by atoms with van der Waals surface area (Å²) in [7, 11) is 1.58. The van der Waals surface area contributed by atoms with E-state index in [0.29, 0.717) is 28.2 Å². The molecule has 0 saturated heterocycles. The second-order valence-corrected chi connectivity index (χ2v) is 8.86. The number of fused-ring (bicyclic) bond motifs is 1. The highest BCUT2D eigenvalue weighted by Gasteiger charge is 2.38. The molecule has 2 N–H and O–H groups in total. The molecule has 0 radical (unpaired) electrons. The molecule has 0 aliphatic carbocycles. The molecule has 2 atom stereocenters. The van der Waals surface area contributed by atoms with Crippen molar-refractivity contribution < 1.29 is 18.7 Å². The number of anilines is 1. The number of aromatic nitrogens is 3. The number of methoxy groups -OCH3 is 1. The fourth-order valence-electron chi connectivity index (χ4n) is 3.66. The SMILES string of the molecule is COc1ccc(NC(=O)C2Sc3nnc(COc4ccccc4)n3NC2c2ccc(F)cc2)cc1. The molecule has 4 aromatic rings. The largest absolute Gasteiger partial charge is 0.497 e. The van der Waals surface area contributed by atoms with Gasteiger partial charge < -0.3 is 20.2 Å². The van der Waals surface area contributed by atoms with Gasteiger partial charge in [0, 0.05) is 5.69 Å². The molecule has 2 unspecified atom stereocenters. The number of amides is 1. The summed E-state index contributed by atoms with van der Waals surface area (Å²) in [6, 6.07) is 22.1. The maximum absolute atomic E-state index is 13.6. The van der Waals surface area contributed by atoms with Crippen LogP contribution in [0.15, 0.2) is 84.0 Å². The van der Waals surface area contributed by atoms with Crippen LogP contribution >= 0.6 is 11.8 Å². The van der Waals surface area contributed by atoms with Gasteiger partial charge >= 0.3 is 0 Å². The molecule has 0 fully saturated rings. The summed E-state index contributed by atoms with van der Waals surface area (Å²) in [5, 5.41) is 11.4. The molecule has 2 heterocycles. The molecule has 10 heteroatoms. The molecule has 0 saturated carbocycles. The lowest BCUT2D eigenvalue weighted by Gasteiger charge is -2.33. The highest BCUT2D eigenvalue weighted by atomic mass is 32.2. The zero-order chi connectivity index (χ0) is 24.2. The number of nitrogens with one attached hydrogen (secondary N) is 2. The van der Waals surface area contributed by atoms with Crippen molar-refractivity contribution in [3.8, 4) is 11.5 Å². The quantitative estimate of drug-likeness (QED) is 0.396. The van der Waals surface area contributed by atoms with Crippen LogP contribution in [-0.2, 0) is 11.4 Å². The molecule has 178 valence electrons. The van der Waals surface area contributed by atoms with Gasteiger partial charge in [-0.3, -0.25) is 4.79 Å². The lowest BCUT2D eigenvalue weighted by Crippen LogP contribution is -2.41. The van der Waals surface area contributed by atoms with Crippen LogP contribution in [0.3, 0.4) is 0 Å². The van der Waals surface area contributed by atoms with Crippen LogP contribution in [0.5, 0.6) is 11.5 Å². The third-order valence-electron chi connectivity index (χ3n) is 5.46. The summed E-state index contributed by atoms with van der Waals surface area (Å²) >= 11 is 1.28. The van der Waals surface area contributed by atoms with Crippen LogP contribution in [0.2, 0.25) is 0 Å². The van der Waals surface area contributed by atoms with E-state index in [9.17, 15) is 9.18 Å². The minimum atomic E-state index is -0.595.